The maximum atomic E-state index is 5.69. The molecule has 0 saturated heterocycles. The summed E-state index contributed by atoms with van der Waals surface area (Å²) in [6, 6.07) is 1.51. The fourth-order valence-electron chi connectivity index (χ4n) is 0.691. The topological polar surface area (TPSA) is 29.0 Å². The zero-order chi connectivity index (χ0) is 9.14. The molecule has 0 aliphatic rings. The van der Waals surface area contributed by atoms with E-state index in [1.165, 1.54) is 6.07 Å². The van der Waals surface area contributed by atoms with Gasteiger partial charge in [-0.25, -0.2) is 9.97 Å². The van der Waals surface area contributed by atoms with E-state index < -0.39 is 0 Å². The molecule has 0 saturated carbocycles. The SMILES string of the molecule is CCN(C)c1nc(Cl)cc(Cl)n1. The van der Waals surface area contributed by atoms with Crippen molar-refractivity contribution in [1.29, 1.82) is 0 Å². The lowest BCUT2D eigenvalue weighted by Gasteiger charge is -2.13. The van der Waals surface area contributed by atoms with Crippen LogP contribution < -0.4 is 4.90 Å². The third-order valence-corrected chi connectivity index (χ3v) is 1.85. The average molecular weight is 206 g/mol. The zero-order valence-electron chi connectivity index (χ0n) is 6.88. The van der Waals surface area contributed by atoms with Gasteiger partial charge in [0.2, 0.25) is 5.95 Å². The molecule has 0 radical (unpaired) electrons. The lowest BCUT2D eigenvalue weighted by atomic mass is 10.6. The standard InChI is InChI=1S/C7H9Cl2N3/c1-3-12(2)7-10-5(8)4-6(9)11-7/h4H,3H2,1-2H3. The van der Waals surface area contributed by atoms with Crippen LogP contribution >= 0.6 is 23.2 Å². The first-order valence-electron chi connectivity index (χ1n) is 3.54. The molecule has 0 N–H and O–H groups in total. The van der Waals surface area contributed by atoms with Crippen LogP contribution in [0.15, 0.2) is 6.07 Å². The Morgan fingerprint density at radius 3 is 2.25 bits per heavy atom. The highest BCUT2D eigenvalue weighted by molar-refractivity contribution is 6.33. The largest absolute Gasteiger partial charge is 0.344 e. The number of hydrogen-bond donors (Lipinski definition) is 0. The Hall–Kier alpha value is -0.540. The molecule has 1 heterocycles. The Morgan fingerprint density at radius 1 is 1.33 bits per heavy atom. The fourth-order valence-corrected chi connectivity index (χ4v) is 1.10. The van der Waals surface area contributed by atoms with Gasteiger partial charge in [0.1, 0.15) is 10.3 Å². The number of nitrogens with zero attached hydrogens (tertiary/aromatic N) is 3. The minimum atomic E-state index is 0.366. The first-order valence-corrected chi connectivity index (χ1v) is 4.30. The van der Waals surface area contributed by atoms with E-state index in [9.17, 15) is 0 Å². The van der Waals surface area contributed by atoms with Crippen LogP contribution in [-0.2, 0) is 0 Å². The predicted octanol–water partition coefficient (Wildman–Crippen LogP) is 2.24. The summed E-state index contributed by atoms with van der Waals surface area (Å²) in [6.07, 6.45) is 0. The van der Waals surface area contributed by atoms with E-state index in [0.717, 1.165) is 6.54 Å². The van der Waals surface area contributed by atoms with Crippen molar-refractivity contribution < 1.29 is 0 Å². The molecule has 0 aromatic carbocycles. The van der Waals surface area contributed by atoms with E-state index in [-0.39, 0.29) is 0 Å². The first kappa shape index (κ1) is 9.55. The van der Waals surface area contributed by atoms with Crippen molar-refractivity contribution in [3.05, 3.63) is 16.4 Å². The summed E-state index contributed by atoms with van der Waals surface area (Å²) in [6.45, 7) is 2.81. The molecule has 0 aliphatic carbocycles. The molecule has 1 rings (SSSR count). The van der Waals surface area contributed by atoms with Gasteiger partial charge in [0.25, 0.3) is 0 Å². The second-order valence-corrected chi connectivity index (χ2v) is 3.10. The van der Waals surface area contributed by atoms with Gasteiger partial charge in [0, 0.05) is 19.7 Å². The Kier molecular flexibility index (Phi) is 3.12. The van der Waals surface area contributed by atoms with Crippen molar-refractivity contribution in [2.45, 2.75) is 6.92 Å². The normalized spacial score (nSPS) is 10.0. The summed E-state index contributed by atoms with van der Waals surface area (Å²) in [7, 11) is 1.88. The summed E-state index contributed by atoms with van der Waals surface area (Å²) < 4.78 is 0. The highest BCUT2D eigenvalue weighted by atomic mass is 35.5. The number of hydrogen-bond acceptors (Lipinski definition) is 3. The molecule has 0 atom stereocenters. The van der Waals surface area contributed by atoms with Crippen LogP contribution in [0.2, 0.25) is 10.3 Å². The Morgan fingerprint density at radius 2 is 1.83 bits per heavy atom. The number of halogens is 2. The summed E-state index contributed by atoms with van der Waals surface area (Å²) in [5.74, 6) is 0.551. The molecule has 0 amide bonds. The van der Waals surface area contributed by atoms with Crippen molar-refractivity contribution in [1.82, 2.24) is 9.97 Å². The van der Waals surface area contributed by atoms with Crippen molar-refractivity contribution in [3.8, 4) is 0 Å². The highest BCUT2D eigenvalue weighted by Crippen LogP contribution is 2.15. The van der Waals surface area contributed by atoms with Crippen LogP contribution in [0.3, 0.4) is 0 Å². The van der Waals surface area contributed by atoms with Gasteiger partial charge in [-0.15, -0.1) is 0 Å². The van der Waals surface area contributed by atoms with E-state index in [1.54, 1.807) is 0 Å². The van der Waals surface area contributed by atoms with Gasteiger partial charge in [-0.2, -0.15) is 0 Å². The van der Waals surface area contributed by atoms with Gasteiger partial charge in [-0.1, -0.05) is 23.2 Å². The van der Waals surface area contributed by atoms with Gasteiger partial charge in [0.15, 0.2) is 0 Å². The van der Waals surface area contributed by atoms with E-state index in [4.69, 9.17) is 23.2 Å². The molecule has 66 valence electrons. The average Bonchev–Trinajstić information content (AvgIpc) is 2.01. The maximum Gasteiger partial charge on any atom is 0.227 e. The summed E-state index contributed by atoms with van der Waals surface area (Å²) in [5.41, 5.74) is 0. The first-order chi connectivity index (χ1) is 5.63. The predicted molar refractivity (Wildman–Crippen MR) is 51.0 cm³/mol. The van der Waals surface area contributed by atoms with E-state index >= 15 is 0 Å². The zero-order valence-corrected chi connectivity index (χ0v) is 8.39. The van der Waals surface area contributed by atoms with E-state index in [1.807, 2.05) is 18.9 Å². The van der Waals surface area contributed by atoms with Crippen LogP contribution in [0, 0.1) is 0 Å². The fraction of sp³-hybridized carbons (Fsp3) is 0.429. The lowest BCUT2D eigenvalue weighted by molar-refractivity contribution is 0.901. The van der Waals surface area contributed by atoms with Crippen molar-refractivity contribution in [2.75, 3.05) is 18.5 Å². The molecule has 5 heteroatoms. The minimum absolute atomic E-state index is 0.366. The van der Waals surface area contributed by atoms with Crippen LogP contribution in [0.5, 0.6) is 0 Å². The smallest absolute Gasteiger partial charge is 0.227 e. The molecule has 12 heavy (non-hydrogen) atoms. The Labute approximate surface area is 81.3 Å². The van der Waals surface area contributed by atoms with E-state index in [0.29, 0.717) is 16.3 Å². The third kappa shape index (κ3) is 2.22. The van der Waals surface area contributed by atoms with Crippen LogP contribution in [0.25, 0.3) is 0 Å². The molecule has 1 aromatic rings. The summed E-state index contributed by atoms with van der Waals surface area (Å²) >= 11 is 11.4. The van der Waals surface area contributed by atoms with Crippen molar-refractivity contribution in [3.63, 3.8) is 0 Å². The Bertz CT molecular complexity index is 257. The molecular formula is C7H9Cl2N3. The van der Waals surface area contributed by atoms with Gasteiger partial charge in [-0.3, -0.25) is 0 Å². The minimum Gasteiger partial charge on any atom is -0.344 e. The van der Waals surface area contributed by atoms with Crippen LogP contribution in [0.4, 0.5) is 5.95 Å². The number of aromatic nitrogens is 2. The highest BCUT2D eigenvalue weighted by Gasteiger charge is 2.04. The van der Waals surface area contributed by atoms with Gasteiger partial charge in [0.05, 0.1) is 0 Å². The molecule has 0 aliphatic heterocycles. The van der Waals surface area contributed by atoms with Gasteiger partial charge < -0.3 is 4.90 Å². The van der Waals surface area contributed by atoms with Crippen LogP contribution in [0.1, 0.15) is 6.92 Å². The maximum absolute atomic E-state index is 5.69. The molecule has 0 spiro atoms. The molecule has 0 unspecified atom stereocenters. The van der Waals surface area contributed by atoms with Crippen molar-refractivity contribution in [2.24, 2.45) is 0 Å². The van der Waals surface area contributed by atoms with Crippen molar-refractivity contribution >= 4 is 29.2 Å². The molecule has 3 nitrogen and oxygen atoms in total. The third-order valence-electron chi connectivity index (χ3n) is 1.47. The quantitative estimate of drug-likeness (QED) is 0.694. The molecule has 1 aromatic heterocycles. The Balaban J connectivity index is 3.00. The van der Waals surface area contributed by atoms with Gasteiger partial charge >= 0.3 is 0 Å². The molecular weight excluding hydrogens is 197 g/mol. The number of anilines is 1. The monoisotopic (exact) mass is 205 g/mol. The number of rotatable bonds is 2. The van der Waals surface area contributed by atoms with Crippen LogP contribution in [-0.4, -0.2) is 23.6 Å². The van der Waals surface area contributed by atoms with Gasteiger partial charge in [-0.05, 0) is 6.92 Å². The molecule has 0 fully saturated rings. The lowest BCUT2D eigenvalue weighted by Crippen LogP contribution is -2.18. The summed E-state index contributed by atoms with van der Waals surface area (Å²) in [4.78, 5) is 9.86. The molecule has 0 bridgehead atoms. The summed E-state index contributed by atoms with van der Waals surface area (Å²) in [5, 5.41) is 0.732. The second kappa shape index (κ2) is 3.92. The van der Waals surface area contributed by atoms with E-state index in [2.05, 4.69) is 9.97 Å². The second-order valence-electron chi connectivity index (χ2n) is 2.33.